The summed E-state index contributed by atoms with van der Waals surface area (Å²) in [7, 11) is 1.79. The van der Waals surface area contributed by atoms with E-state index in [0.29, 0.717) is 28.6 Å². The molecule has 0 spiro atoms. The Kier molecular flexibility index (Phi) is 3.39. The number of rotatable bonds is 3. The minimum atomic E-state index is -0.120. The molecule has 0 fully saturated rings. The van der Waals surface area contributed by atoms with Gasteiger partial charge in [0.25, 0.3) is 5.56 Å². The van der Waals surface area contributed by atoms with Crippen molar-refractivity contribution in [2.75, 3.05) is 12.4 Å². The van der Waals surface area contributed by atoms with Crippen LogP contribution in [0.5, 0.6) is 0 Å². The number of aryl methyl sites for hydroxylation is 1. The topological polar surface area (TPSA) is 64.2 Å². The van der Waals surface area contributed by atoms with Crippen LogP contribution in [0.4, 0.5) is 5.82 Å². The van der Waals surface area contributed by atoms with E-state index >= 15 is 0 Å². The molecule has 0 aliphatic rings. The number of halogens is 1. The van der Waals surface area contributed by atoms with Crippen LogP contribution in [-0.2, 0) is 6.54 Å². The van der Waals surface area contributed by atoms with Crippen LogP contribution in [0.2, 0.25) is 5.02 Å². The van der Waals surface area contributed by atoms with Crippen LogP contribution >= 0.6 is 11.6 Å². The second-order valence-electron chi connectivity index (χ2n) is 4.72. The molecule has 0 amide bonds. The van der Waals surface area contributed by atoms with Gasteiger partial charge in [-0.3, -0.25) is 4.79 Å². The predicted molar refractivity (Wildman–Crippen MR) is 82.1 cm³/mol. The molecule has 3 aromatic rings. The molecule has 3 heterocycles. The Hall–Kier alpha value is -2.34. The monoisotopic (exact) mass is 303 g/mol. The second-order valence-corrected chi connectivity index (χ2v) is 5.13. The van der Waals surface area contributed by atoms with Crippen molar-refractivity contribution in [1.82, 2.24) is 19.2 Å². The SMILES string of the molecule is CNc1ccc(Cl)c(Cn2ccn3nc(C)cc3c2=O)n1. The van der Waals surface area contributed by atoms with Gasteiger partial charge in [0.1, 0.15) is 11.3 Å². The fraction of sp³-hybridized carbons (Fsp3) is 0.214. The highest BCUT2D eigenvalue weighted by molar-refractivity contribution is 6.31. The smallest absolute Gasteiger partial charge is 0.276 e. The lowest BCUT2D eigenvalue weighted by molar-refractivity contribution is 0.726. The molecule has 0 unspecified atom stereocenters. The van der Waals surface area contributed by atoms with Gasteiger partial charge < -0.3 is 9.88 Å². The van der Waals surface area contributed by atoms with Gasteiger partial charge in [-0.2, -0.15) is 5.10 Å². The number of nitrogens with one attached hydrogen (secondary N) is 1. The first-order valence-electron chi connectivity index (χ1n) is 6.47. The number of hydrogen-bond acceptors (Lipinski definition) is 4. The van der Waals surface area contributed by atoms with Crippen molar-refractivity contribution < 1.29 is 0 Å². The Bertz CT molecular complexity index is 867. The number of anilines is 1. The van der Waals surface area contributed by atoms with E-state index in [2.05, 4.69) is 15.4 Å². The molecule has 3 rings (SSSR count). The minimum absolute atomic E-state index is 0.120. The third-order valence-corrected chi connectivity index (χ3v) is 3.56. The maximum absolute atomic E-state index is 12.4. The van der Waals surface area contributed by atoms with E-state index < -0.39 is 0 Å². The van der Waals surface area contributed by atoms with E-state index in [1.165, 1.54) is 0 Å². The zero-order chi connectivity index (χ0) is 15.0. The van der Waals surface area contributed by atoms with E-state index in [4.69, 9.17) is 11.6 Å². The zero-order valence-electron chi connectivity index (χ0n) is 11.7. The maximum Gasteiger partial charge on any atom is 0.276 e. The van der Waals surface area contributed by atoms with Gasteiger partial charge in [-0.05, 0) is 25.1 Å². The lowest BCUT2D eigenvalue weighted by atomic mass is 10.3. The van der Waals surface area contributed by atoms with Gasteiger partial charge in [-0.25, -0.2) is 9.50 Å². The van der Waals surface area contributed by atoms with E-state index in [1.54, 1.807) is 46.7 Å². The van der Waals surface area contributed by atoms with Gasteiger partial charge in [0.2, 0.25) is 0 Å². The van der Waals surface area contributed by atoms with Gasteiger partial charge >= 0.3 is 0 Å². The summed E-state index contributed by atoms with van der Waals surface area (Å²) in [5, 5.41) is 7.71. The summed E-state index contributed by atoms with van der Waals surface area (Å²) in [6, 6.07) is 5.32. The van der Waals surface area contributed by atoms with E-state index in [0.717, 1.165) is 5.69 Å². The molecule has 1 N–H and O–H groups in total. The van der Waals surface area contributed by atoms with Crippen LogP contribution in [0.1, 0.15) is 11.4 Å². The summed E-state index contributed by atoms with van der Waals surface area (Å²) in [4.78, 5) is 16.8. The van der Waals surface area contributed by atoms with Gasteiger partial charge in [0, 0.05) is 19.4 Å². The molecule has 21 heavy (non-hydrogen) atoms. The Morgan fingerprint density at radius 3 is 2.90 bits per heavy atom. The molecule has 108 valence electrons. The Morgan fingerprint density at radius 1 is 1.33 bits per heavy atom. The molecular formula is C14H14ClN5O. The first kappa shape index (κ1) is 13.6. The van der Waals surface area contributed by atoms with Crippen molar-refractivity contribution in [3.8, 4) is 0 Å². The molecule has 0 aromatic carbocycles. The van der Waals surface area contributed by atoms with Crippen molar-refractivity contribution in [1.29, 1.82) is 0 Å². The summed E-state index contributed by atoms with van der Waals surface area (Å²) in [5.41, 5.74) is 1.87. The fourth-order valence-electron chi connectivity index (χ4n) is 2.17. The lowest BCUT2D eigenvalue weighted by Gasteiger charge is -2.09. The quantitative estimate of drug-likeness (QED) is 0.803. The summed E-state index contributed by atoms with van der Waals surface area (Å²) in [5.74, 6) is 0.712. The van der Waals surface area contributed by atoms with Crippen LogP contribution in [0.25, 0.3) is 5.52 Å². The number of fused-ring (bicyclic) bond motifs is 1. The zero-order valence-corrected chi connectivity index (χ0v) is 12.4. The van der Waals surface area contributed by atoms with Crippen molar-refractivity contribution >= 4 is 22.9 Å². The van der Waals surface area contributed by atoms with Gasteiger partial charge in [-0.1, -0.05) is 11.6 Å². The maximum atomic E-state index is 12.4. The molecule has 0 saturated carbocycles. The number of nitrogens with zero attached hydrogens (tertiary/aromatic N) is 4. The summed E-state index contributed by atoms with van der Waals surface area (Å²) in [6.45, 7) is 2.17. The van der Waals surface area contributed by atoms with E-state index in [1.807, 2.05) is 6.92 Å². The molecule has 3 aromatic heterocycles. The van der Waals surface area contributed by atoms with Crippen molar-refractivity contribution in [2.24, 2.45) is 0 Å². The molecule has 6 nitrogen and oxygen atoms in total. The largest absolute Gasteiger partial charge is 0.373 e. The third kappa shape index (κ3) is 2.50. The molecule has 0 radical (unpaired) electrons. The van der Waals surface area contributed by atoms with Gasteiger partial charge in [0.15, 0.2) is 0 Å². The number of pyridine rings is 1. The number of aromatic nitrogens is 4. The second kappa shape index (κ2) is 5.21. The predicted octanol–water partition coefficient (Wildman–Crippen LogP) is 1.94. The lowest BCUT2D eigenvalue weighted by Crippen LogP contribution is -2.22. The van der Waals surface area contributed by atoms with Crippen LogP contribution in [0.15, 0.2) is 35.4 Å². The molecular weight excluding hydrogens is 290 g/mol. The summed E-state index contributed by atoms with van der Waals surface area (Å²) >= 11 is 6.15. The van der Waals surface area contributed by atoms with Crippen LogP contribution in [-0.4, -0.2) is 26.2 Å². The molecule has 0 atom stereocenters. The first-order chi connectivity index (χ1) is 10.1. The first-order valence-corrected chi connectivity index (χ1v) is 6.85. The summed E-state index contributed by atoms with van der Waals surface area (Å²) in [6.07, 6.45) is 3.44. The molecule has 0 aliphatic carbocycles. The summed E-state index contributed by atoms with van der Waals surface area (Å²) < 4.78 is 3.15. The van der Waals surface area contributed by atoms with Crippen LogP contribution in [0.3, 0.4) is 0 Å². The Balaban J connectivity index is 2.06. The minimum Gasteiger partial charge on any atom is -0.373 e. The third-order valence-electron chi connectivity index (χ3n) is 3.22. The highest BCUT2D eigenvalue weighted by Crippen LogP contribution is 2.17. The van der Waals surface area contributed by atoms with Crippen molar-refractivity contribution in [3.63, 3.8) is 0 Å². The average molecular weight is 304 g/mol. The number of hydrogen-bond donors (Lipinski definition) is 1. The molecule has 7 heteroatoms. The highest BCUT2D eigenvalue weighted by atomic mass is 35.5. The molecule has 0 saturated heterocycles. The van der Waals surface area contributed by atoms with E-state index in [9.17, 15) is 4.79 Å². The van der Waals surface area contributed by atoms with Gasteiger partial charge in [-0.15, -0.1) is 0 Å². The molecule has 0 aliphatic heterocycles. The Morgan fingerprint density at radius 2 is 2.14 bits per heavy atom. The standard InChI is InChI=1S/C14H14ClN5O/c1-9-7-12-14(21)19(5-6-20(12)18-9)8-11-10(15)3-4-13(16-2)17-11/h3-7H,8H2,1-2H3,(H,16,17). The highest BCUT2D eigenvalue weighted by Gasteiger charge is 2.09. The fourth-order valence-corrected chi connectivity index (χ4v) is 2.33. The van der Waals surface area contributed by atoms with Crippen LogP contribution < -0.4 is 10.9 Å². The molecule has 0 bridgehead atoms. The van der Waals surface area contributed by atoms with E-state index in [-0.39, 0.29) is 5.56 Å². The van der Waals surface area contributed by atoms with Crippen LogP contribution in [0, 0.1) is 6.92 Å². The van der Waals surface area contributed by atoms with Gasteiger partial charge in [0.05, 0.1) is 23.0 Å². The average Bonchev–Trinajstić information content (AvgIpc) is 2.85. The van der Waals surface area contributed by atoms with Crippen molar-refractivity contribution in [3.05, 3.63) is 57.4 Å². The van der Waals surface area contributed by atoms with Crippen molar-refractivity contribution in [2.45, 2.75) is 13.5 Å². The normalized spacial score (nSPS) is 11.0. The Labute approximate surface area is 126 Å².